The van der Waals surface area contributed by atoms with Crippen molar-refractivity contribution in [1.82, 2.24) is 14.5 Å². The molecule has 1 atom stereocenters. The van der Waals surface area contributed by atoms with E-state index in [9.17, 15) is 0 Å². The fraction of sp³-hybridized carbons (Fsp3) is 0.571. The maximum atomic E-state index is 6.08. The van der Waals surface area contributed by atoms with Gasteiger partial charge >= 0.3 is 0 Å². The number of nitrogens with zero attached hydrogens (tertiary/aromatic N) is 3. The predicted molar refractivity (Wildman–Crippen MR) is 79.5 cm³/mol. The summed E-state index contributed by atoms with van der Waals surface area (Å²) in [5, 5.41) is 1.35. The van der Waals surface area contributed by atoms with Crippen LogP contribution in [0.4, 0.5) is 0 Å². The molecule has 0 amide bonds. The lowest BCUT2D eigenvalue weighted by molar-refractivity contribution is 0.254. The quantitative estimate of drug-likeness (QED) is 0.803. The number of rotatable bonds is 4. The minimum Gasteiger partial charge on any atom is -0.414 e. The molecule has 4 nitrogen and oxygen atoms in total. The smallest absolute Gasteiger partial charge is 0.213 e. The van der Waals surface area contributed by atoms with Gasteiger partial charge in [-0.05, 0) is 24.6 Å². The summed E-state index contributed by atoms with van der Waals surface area (Å²) >= 11 is 0. The zero-order chi connectivity index (χ0) is 14.0. The van der Waals surface area contributed by atoms with Gasteiger partial charge in [0, 0.05) is 17.8 Å². The summed E-state index contributed by atoms with van der Waals surface area (Å²) in [5.41, 5.74) is 0.978. The van der Waals surface area contributed by atoms with Crippen LogP contribution in [0.15, 0.2) is 24.8 Å². The third-order valence-corrected chi connectivity index (χ3v) is 6.16. The molecule has 0 unspecified atom stereocenters. The van der Waals surface area contributed by atoms with Crippen LogP contribution in [0, 0.1) is 0 Å². The second-order valence-electron chi connectivity index (χ2n) is 5.99. The highest BCUT2D eigenvalue weighted by Crippen LogP contribution is 2.28. The van der Waals surface area contributed by atoms with Crippen LogP contribution in [0.5, 0.6) is 0 Å². The molecule has 0 N–H and O–H groups in total. The van der Waals surface area contributed by atoms with Gasteiger partial charge in [0.2, 0.25) is 9.04 Å². The van der Waals surface area contributed by atoms with Crippen molar-refractivity contribution in [1.29, 1.82) is 0 Å². The molecule has 0 saturated heterocycles. The topological polar surface area (TPSA) is 39.9 Å². The average molecular weight is 276 g/mol. The maximum Gasteiger partial charge on any atom is 0.213 e. The van der Waals surface area contributed by atoms with Gasteiger partial charge in [0.25, 0.3) is 0 Å². The SMILES string of the molecule is C[C@@H](CO[Si](C)C(C)(C)C)n1ccc2cncnc21. The fourth-order valence-electron chi connectivity index (χ4n) is 1.80. The molecule has 0 spiro atoms. The molecular weight excluding hydrogens is 254 g/mol. The van der Waals surface area contributed by atoms with E-state index in [1.54, 1.807) is 6.33 Å². The number of fused-ring (bicyclic) bond motifs is 1. The first-order valence-corrected chi connectivity index (χ1v) is 8.54. The zero-order valence-electron chi connectivity index (χ0n) is 12.3. The Bertz CT molecular complexity index is 547. The van der Waals surface area contributed by atoms with Gasteiger partial charge in [-0.1, -0.05) is 20.8 Å². The highest BCUT2D eigenvalue weighted by atomic mass is 28.3. The minimum atomic E-state index is -0.789. The van der Waals surface area contributed by atoms with E-state index in [2.05, 4.69) is 55.0 Å². The summed E-state index contributed by atoms with van der Waals surface area (Å²) in [4.78, 5) is 8.38. The molecule has 0 aliphatic rings. The lowest BCUT2D eigenvalue weighted by atomic mass is 10.3. The van der Waals surface area contributed by atoms with Crippen molar-refractivity contribution in [3.05, 3.63) is 24.8 Å². The number of hydrogen-bond acceptors (Lipinski definition) is 3. The molecule has 5 heteroatoms. The van der Waals surface area contributed by atoms with Gasteiger partial charge in [-0.15, -0.1) is 0 Å². The molecule has 2 heterocycles. The summed E-state index contributed by atoms with van der Waals surface area (Å²) in [7, 11) is -0.789. The zero-order valence-corrected chi connectivity index (χ0v) is 13.3. The molecule has 1 radical (unpaired) electrons. The molecule has 2 rings (SSSR count). The Labute approximate surface area is 116 Å². The van der Waals surface area contributed by atoms with Crippen molar-refractivity contribution in [2.45, 2.75) is 45.3 Å². The van der Waals surface area contributed by atoms with Crippen LogP contribution < -0.4 is 0 Å². The molecule has 0 fully saturated rings. The van der Waals surface area contributed by atoms with Gasteiger partial charge < -0.3 is 8.99 Å². The third kappa shape index (κ3) is 3.22. The van der Waals surface area contributed by atoms with Crippen LogP contribution in [0.2, 0.25) is 11.6 Å². The molecule has 0 aliphatic carbocycles. The molecule has 0 aliphatic heterocycles. The summed E-state index contributed by atoms with van der Waals surface area (Å²) < 4.78 is 8.24. The Morgan fingerprint density at radius 2 is 2.16 bits per heavy atom. The Morgan fingerprint density at radius 1 is 1.42 bits per heavy atom. The van der Waals surface area contributed by atoms with Crippen molar-refractivity contribution in [2.24, 2.45) is 0 Å². The Balaban J connectivity index is 2.06. The Kier molecular flexibility index (Phi) is 4.06. The van der Waals surface area contributed by atoms with Gasteiger partial charge in [-0.2, -0.15) is 0 Å². The molecule has 0 aromatic carbocycles. The lowest BCUT2D eigenvalue weighted by Gasteiger charge is -2.26. The van der Waals surface area contributed by atoms with E-state index in [0.29, 0.717) is 0 Å². The summed E-state index contributed by atoms with van der Waals surface area (Å²) in [6.45, 7) is 11.8. The van der Waals surface area contributed by atoms with Gasteiger partial charge in [-0.3, -0.25) is 0 Å². The Morgan fingerprint density at radius 3 is 2.84 bits per heavy atom. The summed E-state index contributed by atoms with van der Waals surface area (Å²) in [6, 6.07) is 2.34. The van der Waals surface area contributed by atoms with Gasteiger partial charge in [0.05, 0.1) is 12.6 Å². The van der Waals surface area contributed by atoms with Crippen LogP contribution in [0.25, 0.3) is 11.0 Å². The summed E-state index contributed by atoms with van der Waals surface area (Å²) in [5.74, 6) is 0. The van der Waals surface area contributed by atoms with E-state index in [1.165, 1.54) is 0 Å². The minimum absolute atomic E-state index is 0.269. The number of aromatic nitrogens is 3. The molecule has 103 valence electrons. The van der Waals surface area contributed by atoms with Crippen LogP contribution in [-0.4, -0.2) is 30.2 Å². The molecule has 2 aromatic heterocycles. The van der Waals surface area contributed by atoms with Crippen molar-refractivity contribution in [2.75, 3.05) is 6.61 Å². The average Bonchev–Trinajstić information content (AvgIpc) is 2.78. The van der Waals surface area contributed by atoms with E-state index in [4.69, 9.17) is 4.43 Å². The van der Waals surface area contributed by atoms with Crippen LogP contribution in [0.3, 0.4) is 0 Å². The molecule has 2 aromatic rings. The van der Waals surface area contributed by atoms with Crippen LogP contribution in [0.1, 0.15) is 33.7 Å². The van der Waals surface area contributed by atoms with Gasteiger partial charge in [0.1, 0.15) is 12.0 Å². The molecule has 0 saturated carbocycles. The highest BCUT2D eigenvalue weighted by molar-refractivity contribution is 6.53. The molecular formula is C14H22N3OSi. The maximum absolute atomic E-state index is 6.08. The molecule has 19 heavy (non-hydrogen) atoms. The second kappa shape index (κ2) is 5.42. The van der Waals surface area contributed by atoms with E-state index >= 15 is 0 Å². The van der Waals surface area contributed by atoms with E-state index in [-0.39, 0.29) is 11.1 Å². The van der Waals surface area contributed by atoms with Crippen molar-refractivity contribution in [3.63, 3.8) is 0 Å². The first-order valence-electron chi connectivity index (χ1n) is 6.63. The van der Waals surface area contributed by atoms with Gasteiger partial charge in [-0.25, -0.2) is 9.97 Å². The van der Waals surface area contributed by atoms with E-state index in [1.807, 2.05) is 12.3 Å². The predicted octanol–water partition coefficient (Wildman–Crippen LogP) is 3.43. The van der Waals surface area contributed by atoms with Crippen LogP contribution in [-0.2, 0) is 4.43 Å². The van der Waals surface area contributed by atoms with E-state index in [0.717, 1.165) is 17.6 Å². The first-order chi connectivity index (χ1) is 8.89. The second-order valence-corrected chi connectivity index (χ2v) is 8.89. The standard InChI is InChI=1S/C14H22N3OSi/c1-11(9-18-19(5)14(2,3)4)17-7-6-12-8-15-10-16-13(12)17/h6-8,10-11H,9H2,1-5H3/t11-/m0/s1. The van der Waals surface area contributed by atoms with Crippen molar-refractivity contribution in [3.8, 4) is 0 Å². The Hall–Kier alpha value is -1.20. The number of hydrogen-bond donors (Lipinski definition) is 0. The fourth-order valence-corrected chi connectivity index (χ4v) is 2.72. The largest absolute Gasteiger partial charge is 0.414 e. The van der Waals surface area contributed by atoms with Crippen molar-refractivity contribution < 1.29 is 4.43 Å². The van der Waals surface area contributed by atoms with E-state index < -0.39 is 9.04 Å². The normalized spacial score (nSPS) is 14.2. The highest BCUT2D eigenvalue weighted by Gasteiger charge is 2.24. The first kappa shape index (κ1) is 14.2. The lowest BCUT2D eigenvalue weighted by Crippen LogP contribution is -2.28. The summed E-state index contributed by atoms with van der Waals surface area (Å²) in [6.07, 6.45) is 5.50. The third-order valence-electron chi connectivity index (χ3n) is 3.45. The van der Waals surface area contributed by atoms with Crippen molar-refractivity contribution >= 4 is 20.1 Å². The molecule has 0 bridgehead atoms. The monoisotopic (exact) mass is 276 g/mol. The van der Waals surface area contributed by atoms with Crippen LogP contribution >= 0.6 is 0 Å². The van der Waals surface area contributed by atoms with Gasteiger partial charge in [0.15, 0.2) is 0 Å².